The number of aromatic nitrogens is 1. The maximum Gasteiger partial charge on any atom is 0.416 e. The van der Waals surface area contributed by atoms with Crippen LogP contribution in [-0.2, 0) is 19.3 Å². The fourth-order valence-corrected chi connectivity index (χ4v) is 2.63. The van der Waals surface area contributed by atoms with Crippen LogP contribution in [0, 0.1) is 6.92 Å². The Morgan fingerprint density at radius 1 is 1.30 bits per heavy atom. The predicted molar refractivity (Wildman–Crippen MR) is 82.0 cm³/mol. The molecule has 0 bridgehead atoms. The van der Waals surface area contributed by atoms with Crippen LogP contribution in [0.4, 0.5) is 18.0 Å². The Morgan fingerprint density at radius 2 is 1.96 bits per heavy atom. The van der Waals surface area contributed by atoms with Gasteiger partial charge in [-0.2, -0.15) is 13.2 Å². The lowest BCUT2D eigenvalue weighted by Crippen LogP contribution is -2.36. The number of nitrogens with zero attached hydrogens (tertiary/aromatic N) is 2. The standard InChI is InChI=1S/C15H16F3N3OS/c1-10-9-23-13(20-10)7-19-14(22)21(2)8-11-3-5-12(6-4-11)15(16,17)18/h3-6,9H,7-8H2,1-2H3,(H,19,22). The Labute approximate surface area is 136 Å². The summed E-state index contributed by atoms with van der Waals surface area (Å²) in [6.07, 6.45) is -4.35. The third kappa shape index (κ3) is 4.95. The zero-order valence-corrected chi connectivity index (χ0v) is 13.5. The van der Waals surface area contributed by atoms with Gasteiger partial charge in [0.2, 0.25) is 0 Å². The lowest BCUT2D eigenvalue weighted by atomic mass is 10.1. The van der Waals surface area contributed by atoms with Crippen molar-refractivity contribution in [3.8, 4) is 0 Å². The molecule has 0 atom stereocenters. The van der Waals surface area contributed by atoms with Crippen LogP contribution in [0.5, 0.6) is 0 Å². The molecule has 0 aliphatic heterocycles. The van der Waals surface area contributed by atoms with Crippen molar-refractivity contribution >= 4 is 17.4 Å². The second-order valence-corrected chi connectivity index (χ2v) is 6.03. The van der Waals surface area contributed by atoms with Crippen molar-refractivity contribution in [2.24, 2.45) is 0 Å². The maximum absolute atomic E-state index is 12.5. The Bertz CT molecular complexity index is 667. The smallest absolute Gasteiger partial charge is 0.331 e. The molecule has 1 heterocycles. The molecule has 0 saturated heterocycles. The molecule has 0 aliphatic rings. The summed E-state index contributed by atoms with van der Waals surface area (Å²) in [5.41, 5.74) is 0.825. The van der Waals surface area contributed by atoms with E-state index in [-0.39, 0.29) is 12.6 Å². The average molecular weight is 343 g/mol. The summed E-state index contributed by atoms with van der Waals surface area (Å²) in [6, 6.07) is 4.46. The molecule has 0 fully saturated rings. The van der Waals surface area contributed by atoms with Gasteiger partial charge >= 0.3 is 12.2 Å². The fourth-order valence-electron chi connectivity index (χ4n) is 1.91. The van der Waals surface area contributed by atoms with E-state index in [0.717, 1.165) is 22.8 Å². The lowest BCUT2D eigenvalue weighted by molar-refractivity contribution is -0.137. The van der Waals surface area contributed by atoms with E-state index in [9.17, 15) is 18.0 Å². The highest BCUT2D eigenvalue weighted by Gasteiger charge is 2.29. The first-order valence-electron chi connectivity index (χ1n) is 6.82. The molecular formula is C15H16F3N3OS. The fraction of sp³-hybridized carbons (Fsp3) is 0.333. The summed E-state index contributed by atoms with van der Waals surface area (Å²) >= 11 is 1.46. The maximum atomic E-state index is 12.5. The second-order valence-electron chi connectivity index (χ2n) is 5.09. The van der Waals surface area contributed by atoms with E-state index in [4.69, 9.17) is 0 Å². The minimum absolute atomic E-state index is 0.223. The number of hydrogen-bond acceptors (Lipinski definition) is 3. The number of aryl methyl sites for hydroxylation is 1. The van der Waals surface area contributed by atoms with Crippen LogP contribution in [0.1, 0.15) is 21.8 Å². The van der Waals surface area contributed by atoms with Gasteiger partial charge in [0.25, 0.3) is 0 Å². The van der Waals surface area contributed by atoms with Crippen LogP contribution < -0.4 is 5.32 Å². The highest BCUT2D eigenvalue weighted by atomic mass is 32.1. The van der Waals surface area contributed by atoms with Crippen LogP contribution >= 0.6 is 11.3 Å². The molecule has 1 aromatic carbocycles. The van der Waals surface area contributed by atoms with Gasteiger partial charge in [0.15, 0.2) is 0 Å². The zero-order valence-electron chi connectivity index (χ0n) is 12.6. The topological polar surface area (TPSA) is 45.2 Å². The summed E-state index contributed by atoms with van der Waals surface area (Å²) in [6.45, 7) is 2.42. The number of hydrogen-bond donors (Lipinski definition) is 1. The Balaban J connectivity index is 1.88. The van der Waals surface area contributed by atoms with Gasteiger partial charge in [-0.15, -0.1) is 11.3 Å². The van der Waals surface area contributed by atoms with E-state index < -0.39 is 11.7 Å². The van der Waals surface area contributed by atoms with Crippen LogP contribution in [-0.4, -0.2) is 23.0 Å². The third-order valence-corrected chi connectivity index (χ3v) is 4.07. The molecule has 2 amide bonds. The number of alkyl halides is 3. The number of thiazole rings is 1. The van der Waals surface area contributed by atoms with Gasteiger partial charge < -0.3 is 10.2 Å². The van der Waals surface area contributed by atoms with Crippen molar-refractivity contribution in [2.45, 2.75) is 26.2 Å². The quantitative estimate of drug-likeness (QED) is 0.917. The van der Waals surface area contributed by atoms with Gasteiger partial charge in [-0.25, -0.2) is 9.78 Å². The van der Waals surface area contributed by atoms with Crippen LogP contribution in [0.15, 0.2) is 29.6 Å². The number of urea groups is 1. The van der Waals surface area contributed by atoms with Crippen molar-refractivity contribution in [3.63, 3.8) is 0 Å². The largest absolute Gasteiger partial charge is 0.416 e. The summed E-state index contributed by atoms with van der Waals surface area (Å²) in [4.78, 5) is 17.6. The number of benzene rings is 1. The number of halogens is 3. The van der Waals surface area contributed by atoms with E-state index in [1.807, 2.05) is 12.3 Å². The summed E-state index contributed by atoms with van der Waals surface area (Å²) < 4.78 is 37.5. The normalized spacial score (nSPS) is 11.3. The summed E-state index contributed by atoms with van der Waals surface area (Å²) in [7, 11) is 1.58. The molecule has 8 heteroatoms. The molecule has 2 rings (SSSR count). The lowest BCUT2D eigenvalue weighted by Gasteiger charge is -2.18. The molecule has 124 valence electrons. The Hall–Kier alpha value is -2.09. The molecule has 1 aromatic heterocycles. The van der Waals surface area contributed by atoms with Gasteiger partial charge in [0.1, 0.15) is 5.01 Å². The second kappa shape index (κ2) is 6.99. The number of nitrogens with one attached hydrogen (secondary N) is 1. The number of amides is 2. The number of carbonyl (C=O) groups is 1. The first-order chi connectivity index (χ1) is 10.8. The molecule has 0 radical (unpaired) electrons. The Morgan fingerprint density at radius 3 is 2.48 bits per heavy atom. The third-order valence-electron chi connectivity index (χ3n) is 3.11. The van der Waals surface area contributed by atoms with E-state index >= 15 is 0 Å². The van der Waals surface area contributed by atoms with Crippen LogP contribution in [0.2, 0.25) is 0 Å². The van der Waals surface area contributed by atoms with Crippen molar-refractivity contribution in [1.29, 1.82) is 0 Å². The van der Waals surface area contributed by atoms with Gasteiger partial charge in [0.05, 0.1) is 12.1 Å². The van der Waals surface area contributed by atoms with E-state index in [2.05, 4.69) is 10.3 Å². The molecule has 0 spiro atoms. The van der Waals surface area contributed by atoms with Crippen molar-refractivity contribution in [2.75, 3.05) is 7.05 Å². The molecule has 4 nitrogen and oxygen atoms in total. The van der Waals surface area contributed by atoms with Gasteiger partial charge in [-0.1, -0.05) is 12.1 Å². The van der Waals surface area contributed by atoms with E-state index in [0.29, 0.717) is 12.1 Å². The average Bonchev–Trinajstić information content (AvgIpc) is 2.90. The number of carbonyl (C=O) groups excluding carboxylic acids is 1. The monoisotopic (exact) mass is 343 g/mol. The predicted octanol–water partition coefficient (Wildman–Crippen LogP) is 3.81. The first-order valence-corrected chi connectivity index (χ1v) is 7.70. The SMILES string of the molecule is Cc1csc(CNC(=O)N(C)Cc2ccc(C(F)(F)F)cc2)n1. The van der Waals surface area contributed by atoms with E-state index in [1.165, 1.54) is 28.4 Å². The van der Waals surface area contributed by atoms with Gasteiger partial charge in [-0.3, -0.25) is 0 Å². The molecule has 2 aromatic rings. The molecule has 0 saturated carbocycles. The van der Waals surface area contributed by atoms with Crippen molar-refractivity contribution < 1.29 is 18.0 Å². The molecular weight excluding hydrogens is 327 g/mol. The van der Waals surface area contributed by atoms with Crippen LogP contribution in [0.3, 0.4) is 0 Å². The number of rotatable bonds is 4. The summed E-state index contributed by atoms with van der Waals surface area (Å²) in [5, 5.41) is 5.42. The minimum Gasteiger partial charge on any atom is -0.331 e. The summed E-state index contributed by atoms with van der Waals surface area (Å²) in [5.74, 6) is 0. The first kappa shape index (κ1) is 17.3. The van der Waals surface area contributed by atoms with Crippen molar-refractivity contribution in [3.05, 3.63) is 51.5 Å². The zero-order chi connectivity index (χ0) is 17.0. The molecule has 23 heavy (non-hydrogen) atoms. The molecule has 0 unspecified atom stereocenters. The minimum atomic E-state index is -4.35. The molecule has 1 N–H and O–H groups in total. The van der Waals surface area contributed by atoms with E-state index in [1.54, 1.807) is 7.05 Å². The molecule has 0 aliphatic carbocycles. The van der Waals surface area contributed by atoms with Crippen LogP contribution in [0.25, 0.3) is 0 Å². The Kier molecular flexibility index (Phi) is 5.25. The van der Waals surface area contributed by atoms with Crippen molar-refractivity contribution in [1.82, 2.24) is 15.2 Å². The highest BCUT2D eigenvalue weighted by molar-refractivity contribution is 7.09. The van der Waals surface area contributed by atoms with Gasteiger partial charge in [0, 0.05) is 24.7 Å². The van der Waals surface area contributed by atoms with Gasteiger partial charge in [-0.05, 0) is 24.6 Å². The highest BCUT2D eigenvalue weighted by Crippen LogP contribution is 2.29.